The van der Waals surface area contributed by atoms with Crippen molar-refractivity contribution >= 4 is 28.2 Å². The lowest BCUT2D eigenvalue weighted by Gasteiger charge is -2.09. The Morgan fingerprint density at radius 3 is 2.07 bits per heavy atom. The van der Waals surface area contributed by atoms with E-state index in [1.54, 1.807) is 24.3 Å². The summed E-state index contributed by atoms with van der Waals surface area (Å²) in [7, 11) is 0. The van der Waals surface area contributed by atoms with Gasteiger partial charge in [-0.1, -0.05) is 56.7 Å². The Kier molecular flexibility index (Phi) is 7.04. The van der Waals surface area contributed by atoms with Crippen molar-refractivity contribution in [2.75, 3.05) is 5.32 Å². The van der Waals surface area contributed by atoms with E-state index in [2.05, 4.69) is 5.32 Å². The van der Waals surface area contributed by atoms with Crippen LogP contribution in [0.15, 0.2) is 30.3 Å². The smallest absolute Gasteiger partial charge is 0.339 e. The van der Waals surface area contributed by atoms with Gasteiger partial charge in [-0.15, -0.1) is 11.3 Å². The third-order valence-electron chi connectivity index (χ3n) is 5.15. The maximum absolute atomic E-state index is 12.5. The van der Waals surface area contributed by atoms with Crippen LogP contribution >= 0.6 is 11.3 Å². The lowest BCUT2D eigenvalue weighted by Crippen LogP contribution is -2.13. The maximum Gasteiger partial charge on any atom is 0.339 e. The number of rotatable bonds is 3. The van der Waals surface area contributed by atoms with Crippen molar-refractivity contribution in [1.82, 2.24) is 0 Å². The molecule has 0 saturated carbocycles. The van der Waals surface area contributed by atoms with Crippen LogP contribution in [0.3, 0.4) is 0 Å². The summed E-state index contributed by atoms with van der Waals surface area (Å²) >= 11 is 1.45. The maximum atomic E-state index is 12.5. The van der Waals surface area contributed by atoms with E-state index in [1.807, 2.05) is 6.07 Å². The fourth-order valence-corrected chi connectivity index (χ4v) is 4.98. The van der Waals surface area contributed by atoms with Crippen LogP contribution < -0.4 is 5.32 Å². The quantitative estimate of drug-likeness (QED) is 0.689. The lowest BCUT2D eigenvalue weighted by atomic mass is 9.97. The van der Waals surface area contributed by atoms with E-state index in [9.17, 15) is 14.7 Å². The Morgan fingerprint density at radius 2 is 1.44 bits per heavy atom. The molecule has 4 nitrogen and oxygen atoms in total. The Bertz CT molecular complexity index is 782. The highest BCUT2D eigenvalue weighted by Gasteiger charge is 2.24. The molecule has 1 amide bonds. The zero-order valence-corrected chi connectivity index (χ0v) is 16.4. The van der Waals surface area contributed by atoms with Crippen LogP contribution in [0.2, 0.25) is 0 Å². The molecule has 0 saturated heterocycles. The molecule has 0 spiro atoms. The van der Waals surface area contributed by atoms with Gasteiger partial charge < -0.3 is 10.4 Å². The molecule has 3 rings (SSSR count). The highest BCUT2D eigenvalue weighted by molar-refractivity contribution is 7.17. The first kappa shape index (κ1) is 19.6. The van der Waals surface area contributed by atoms with Crippen LogP contribution in [0.5, 0.6) is 0 Å². The molecule has 0 atom stereocenters. The molecule has 144 valence electrons. The van der Waals surface area contributed by atoms with Gasteiger partial charge in [0.1, 0.15) is 5.00 Å². The van der Waals surface area contributed by atoms with Gasteiger partial charge in [0.2, 0.25) is 0 Å². The number of carboxylic acids is 1. The van der Waals surface area contributed by atoms with Crippen molar-refractivity contribution in [3.63, 3.8) is 0 Å². The second-order valence-electron chi connectivity index (χ2n) is 7.16. The normalized spacial score (nSPS) is 15.9. The zero-order valence-electron chi connectivity index (χ0n) is 15.6. The van der Waals surface area contributed by atoms with Crippen molar-refractivity contribution in [3.05, 3.63) is 51.9 Å². The van der Waals surface area contributed by atoms with E-state index in [0.717, 1.165) is 42.5 Å². The van der Waals surface area contributed by atoms with Crippen LogP contribution in [0.1, 0.15) is 82.5 Å². The van der Waals surface area contributed by atoms with Crippen molar-refractivity contribution in [2.45, 2.75) is 64.2 Å². The number of amides is 1. The average molecular weight is 386 g/mol. The van der Waals surface area contributed by atoms with Crippen LogP contribution in [0.4, 0.5) is 5.00 Å². The molecule has 0 fully saturated rings. The number of carbonyl (C=O) groups is 2. The largest absolute Gasteiger partial charge is 0.478 e. The van der Waals surface area contributed by atoms with Crippen LogP contribution in [-0.2, 0) is 12.8 Å². The van der Waals surface area contributed by atoms with Gasteiger partial charge in [0, 0.05) is 10.4 Å². The fraction of sp³-hybridized carbons (Fsp3) is 0.455. The van der Waals surface area contributed by atoms with E-state index in [-0.39, 0.29) is 5.91 Å². The second kappa shape index (κ2) is 9.70. The average Bonchev–Trinajstić information content (AvgIpc) is 2.99. The fourth-order valence-electron chi connectivity index (χ4n) is 3.71. The van der Waals surface area contributed by atoms with Gasteiger partial charge in [-0.05, 0) is 43.4 Å². The molecule has 1 aromatic heterocycles. The predicted octanol–water partition coefficient (Wildman–Crippen LogP) is 5.92. The summed E-state index contributed by atoms with van der Waals surface area (Å²) < 4.78 is 0. The molecule has 0 bridgehead atoms. The SMILES string of the molecule is O=C(Nc1sc2c(c1C(=O)O)CCCCCCCCCC2)c1ccccc1. The van der Waals surface area contributed by atoms with Crippen molar-refractivity contribution < 1.29 is 14.7 Å². The third kappa shape index (κ3) is 5.19. The van der Waals surface area contributed by atoms with Crippen molar-refractivity contribution in [2.24, 2.45) is 0 Å². The molecule has 1 aromatic carbocycles. The van der Waals surface area contributed by atoms with E-state index in [1.165, 1.54) is 43.4 Å². The van der Waals surface area contributed by atoms with E-state index >= 15 is 0 Å². The second-order valence-corrected chi connectivity index (χ2v) is 8.27. The zero-order chi connectivity index (χ0) is 19.1. The number of anilines is 1. The topological polar surface area (TPSA) is 66.4 Å². The van der Waals surface area contributed by atoms with Gasteiger partial charge in [-0.25, -0.2) is 4.79 Å². The van der Waals surface area contributed by atoms with E-state index < -0.39 is 5.97 Å². The minimum absolute atomic E-state index is 0.254. The van der Waals surface area contributed by atoms with Crippen LogP contribution in [0.25, 0.3) is 0 Å². The minimum atomic E-state index is -0.942. The Balaban J connectivity index is 1.88. The Morgan fingerprint density at radius 1 is 0.852 bits per heavy atom. The highest BCUT2D eigenvalue weighted by atomic mass is 32.1. The van der Waals surface area contributed by atoms with E-state index in [4.69, 9.17) is 0 Å². The number of thiophene rings is 1. The van der Waals surface area contributed by atoms with Gasteiger partial charge in [0.05, 0.1) is 5.56 Å². The summed E-state index contributed by atoms with van der Waals surface area (Å²) in [4.78, 5) is 25.7. The summed E-state index contributed by atoms with van der Waals surface area (Å²) in [5.74, 6) is -1.20. The minimum Gasteiger partial charge on any atom is -0.478 e. The van der Waals surface area contributed by atoms with Crippen LogP contribution in [0, 0.1) is 0 Å². The van der Waals surface area contributed by atoms with Crippen molar-refractivity contribution in [1.29, 1.82) is 0 Å². The number of aromatic carboxylic acids is 1. The molecule has 1 heterocycles. The molecule has 2 aromatic rings. The number of benzene rings is 1. The first-order valence-corrected chi connectivity index (χ1v) is 10.7. The Labute approximate surface area is 164 Å². The highest BCUT2D eigenvalue weighted by Crippen LogP contribution is 2.36. The van der Waals surface area contributed by atoms with Gasteiger partial charge in [0.25, 0.3) is 5.91 Å². The molecule has 1 aliphatic carbocycles. The molecule has 0 unspecified atom stereocenters. The molecular weight excluding hydrogens is 358 g/mol. The number of hydrogen-bond acceptors (Lipinski definition) is 3. The van der Waals surface area contributed by atoms with E-state index in [0.29, 0.717) is 16.1 Å². The standard InChI is InChI=1S/C22H27NO3S/c24-20(16-12-8-7-9-13-16)23-21-19(22(25)26)17-14-10-5-3-1-2-4-6-11-15-18(17)27-21/h7-9,12-13H,1-6,10-11,14-15H2,(H,23,24)(H,25,26). The van der Waals surface area contributed by atoms with Crippen LogP contribution in [-0.4, -0.2) is 17.0 Å². The summed E-state index contributed by atoms with van der Waals surface area (Å²) in [6.45, 7) is 0. The monoisotopic (exact) mass is 385 g/mol. The summed E-state index contributed by atoms with van der Waals surface area (Å²) in [5, 5.41) is 13.2. The number of aryl methyl sites for hydroxylation is 1. The molecule has 1 aliphatic rings. The summed E-state index contributed by atoms with van der Waals surface area (Å²) in [6, 6.07) is 8.94. The van der Waals surface area contributed by atoms with Crippen molar-refractivity contribution in [3.8, 4) is 0 Å². The van der Waals surface area contributed by atoms with Gasteiger partial charge in [0.15, 0.2) is 0 Å². The first-order valence-electron chi connectivity index (χ1n) is 9.91. The number of fused-ring (bicyclic) bond motifs is 1. The summed E-state index contributed by atoms with van der Waals surface area (Å²) in [5.41, 5.74) is 1.78. The van der Waals surface area contributed by atoms with Gasteiger partial charge >= 0.3 is 5.97 Å². The number of carboxylic acid groups (broad SMARTS) is 1. The molecular formula is C22H27NO3S. The van der Waals surface area contributed by atoms with Gasteiger partial charge in [-0.3, -0.25) is 4.79 Å². The number of nitrogens with one attached hydrogen (secondary N) is 1. The third-order valence-corrected chi connectivity index (χ3v) is 6.36. The predicted molar refractivity (Wildman–Crippen MR) is 110 cm³/mol. The molecule has 0 aliphatic heterocycles. The Hall–Kier alpha value is -2.14. The number of carbonyl (C=O) groups excluding carboxylic acids is 1. The number of hydrogen-bond donors (Lipinski definition) is 2. The summed E-state index contributed by atoms with van der Waals surface area (Å²) in [6.07, 6.45) is 11.2. The van der Waals surface area contributed by atoms with Gasteiger partial charge in [-0.2, -0.15) is 0 Å². The molecule has 2 N–H and O–H groups in total. The lowest BCUT2D eigenvalue weighted by molar-refractivity contribution is 0.0697. The molecule has 0 radical (unpaired) electrons. The molecule has 27 heavy (non-hydrogen) atoms. The molecule has 5 heteroatoms. The first-order chi connectivity index (χ1) is 13.2.